The normalized spacial score (nSPS) is 18.0. The predicted octanol–water partition coefficient (Wildman–Crippen LogP) is 5.94. The van der Waals surface area contributed by atoms with Crippen molar-refractivity contribution in [3.05, 3.63) is 77.8 Å². The minimum absolute atomic E-state index is 0.0201. The summed E-state index contributed by atoms with van der Waals surface area (Å²) in [7, 11) is 1.47. The maximum Gasteiger partial charge on any atom is 0.410 e. The first kappa shape index (κ1) is 36.7. The molecule has 10 nitrogen and oxygen atoms in total. The van der Waals surface area contributed by atoms with E-state index in [1.54, 1.807) is 52.3 Å². The van der Waals surface area contributed by atoms with E-state index in [-0.39, 0.29) is 49.9 Å². The number of methoxy groups -OCH3 is 1. The summed E-state index contributed by atoms with van der Waals surface area (Å²) in [5.41, 5.74) is -1.04. The van der Waals surface area contributed by atoms with Gasteiger partial charge in [-0.15, -0.1) is 0 Å². The smallest absolute Gasteiger partial charge is 0.410 e. The van der Waals surface area contributed by atoms with Crippen molar-refractivity contribution in [2.45, 2.75) is 77.5 Å². The molecule has 2 N–H and O–H groups in total. The number of benzene rings is 2. The highest BCUT2D eigenvalue weighted by molar-refractivity contribution is 5.75. The number of hydrogen-bond donors (Lipinski definition) is 2. The standard InChI is InChI=1S/C35H46F3N5O5/c1-22(21-44)39-32(45)43(18-24-17-42(19-28(24)38)33(46)48-34(2,3)4)30(35(5,6)47-7)31-40-29(26-15-25(36)13-14-27(26)37)20-41(31)16-23-11-9-8-10-12-23/h8-15,20,22,24,28,30,44H,16-19,21H2,1-7H3,(H,39,45). The van der Waals surface area contributed by atoms with Crippen LogP contribution in [0.1, 0.15) is 59.0 Å². The molecule has 262 valence electrons. The fourth-order valence-corrected chi connectivity index (χ4v) is 5.69. The van der Waals surface area contributed by atoms with Crippen LogP contribution in [0, 0.1) is 17.6 Å². The molecule has 48 heavy (non-hydrogen) atoms. The molecular formula is C35H46F3N5O5. The second-order valence-electron chi connectivity index (χ2n) is 13.8. The van der Waals surface area contributed by atoms with E-state index in [2.05, 4.69) is 5.32 Å². The van der Waals surface area contributed by atoms with Crippen molar-refractivity contribution in [2.75, 3.05) is 33.4 Å². The molecule has 0 saturated carbocycles. The first-order chi connectivity index (χ1) is 22.5. The van der Waals surface area contributed by atoms with Crippen molar-refractivity contribution in [2.24, 2.45) is 5.92 Å². The number of amides is 3. The van der Waals surface area contributed by atoms with Crippen molar-refractivity contribution in [3.8, 4) is 11.3 Å². The fraction of sp³-hybridized carbons (Fsp3) is 0.514. The molecule has 13 heteroatoms. The molecule has 0 radical (unpaired) electrons. The lowest BCUT2D eigenvalue weighted by Gasteiger charge is -2.42. The van der Waals surface area contributed by atoms with Crippen molar-refractivity contribution in [1.29, 1.82) is 0 Å². The van der Waals surface area contributed by atoms with Gasteiger partial charge >= 0.3 is 12.1 Å². The largest absolute Gasteiger partial charge is 0.444 e. The average molecular weight is 674 g/mol. The number of alkyl halides is 1. The summed E-state index contributed by atoms with van der Waals surface area (Å²) in [4.78, 5) is 34.4. The van der Waals surface area contributed by atoms with Gasteiger partial charge in [0.2, 0.25) is 0 Å². The van der Waals surface area contributed by atoms with E-state index < -0.39 is 59.1 Å². The van der Waals surface area contributed by atoms with Crippen LogP contribution in [-0.4, -0.2) is 93.3 Å². The van der Waals surface area contributed by atoms with Crippen LogP contribution in [0.4, 0.5) is 22.8 Å². The quantitative estimate of drug-likeness (QED) is 0.261. The molecule has 3 amide bonds. The zero-order valence-electron chi connectivity index (χ0n) is 28.5. The number of imidazole rings is 1. The zero-order chi connectivity index (χ0) is 35.4. The van der Waals surface area contributed by atoms with E-state index in [1.165, 1.54) is 16.9 Å². The Bertz CT molecular complexity index is 1560. The van der Waals surface area contributed by atoms with Gasteiger partial charge in [0.15, 0.2) is 0 Å². The van der Waals surface area contributed by atoms with Crippen LogP contribution in [0.15, 0.2) is 54.7 Å². The van der Waals surface area contributed by atoms with Gasteiger partial charge in [0, 0.05) is 44.4 Å². The van der Waals surface area contributed by atoms with Gasteiger partial charge in [0.25, 0.3) is 0 Å². The third-order valence-corrected chi connectivity index (χ3v) is 8.30. The summed E-state index contributed by atoms with van der Waals surface area (Å²) in [5.74, 6) is -1.88. The van der Waals surface area contributed by atoms with E-state index in [0.29, 0.717) is 0 Å². The molecule has 1 saturated heterocycles. The average Bonchev–Trinajstić information content (AvgIpc) is 3.60. The van der Waals surface area contributed by atoms with Crippen LogP contribution in [-0.2, 0) is 16.0 Å². The van der Waals surface area contributed by atoms with Gasteiger partial charge in [-0.2, -0.15) is 0 Å². The number of ether oxygens (including phenoxy) is 2. The molecule has 0 bridgehead atoms. The predicted molar refractivity (Wildman–Crippen MR) is 175 cm³/mol. The van der Waals surface area contributed by atoms with Gasteiger partial charge in [-0.25, -0.2) is 27.7 Å². The Labute approximate surface area is 279 Å². The number of aliphatic hydroxyl groups is 1. The van der Waals surface area contributed by atoms with E-state index in [0.717, 1.165) is 23.8 Å². The van der Waals surface area contributed by atoms with Crippen LogP contribution >= 0.6 is 0 Å². The van der Waals surface area contributed by atoms with Gasteiger partial charge < -0.3 is 34.3 Å². The highest BCUT2D eigenvalue weighted by Gasteiger charge is 2.46. The van der Waals surface area contributed by atoms with Crippen molar-refractivity contribution in [1.82, 2.24) is 24.7 Å². The monoisotopic (exact) mass is 673 g/mol. The van der Waals surface area contributed by atoms with Crippen molar-refractivity contribution in [3.63, 3.8) is 0 Å². The number of aromatic nitrogens is 2. The molecule has 1 fully saturated rings. The summed E-state index contributed by atoms with van der Waals surface area (Å²) in [6.45, 7) is 9.74. The topological polar surface area (TPSA) is 109 Å². The highest BCUT2D eigenvalue weighted by atomic mass is 19.1. The highest BCUT2D eigenvalue weighted by Crippen LogP contribution is 2.38. The maximum atomic E-state index is 15.7. The Hall–Kier alpha value is -4.10. The third kappa shape index (κ3) is 8.87. The van der Waals surface area contributed by atoms with Gasteiger partial charge in [0.1, 0.15) is 35.3 Å². The minimum Gasteiger partial charge on any atom is -0.444 e. The second-order valence-corrected chi connectivity index (χ2v) is 13.8. The summed E-state index contributed by atoms with van der Waals surface area (Å²) in [5, 5.41) is 12.5. The molecule has 4 atom stereocenters. The Morgan fingerprint density at radius 3 is 2.42 bits per heavy atom. The number of carbonyl (C=O) groups is 2. The Kier molecular flexibility index (Phi) is 11.5. The molecule has 1 aliphatic heterocycles. The second kappa shape index (κ2) is 15.0. The van der Waals surface area contributed by atoms with Gasteiger partial charge in [-0.1, -0.05) is 30.3 Å². The van der Waals surface area contributed by atoms with E-state index in [1.807, 2.05) is 30.3 Å². The number of nitrogens with zero attached hydrogens (tertiary/aromatic N) is 4. The number of likely N-dealkylation sites (tertiary alicyclic amines) is 1. The summed E-state index contributed by atoms with van der Waals surface area (Å²) in [6.07, 6.45) is -0.565. The van der Waals surface area contributed by atoms with Crippen LogP contribution in [0.2, 0.25) is 0 Å². The molecule has 1 aliphatic rings. The Morgan fingerprint density at radius 2 is 1.79 bits per heavy atom. The Morgan fingerprint density at radius 1 is 1.10 bits per heavy atom. The Balaban J connectivity index is 1.85. The van der Waals surface area contributed by atoms with Crippen LogP contribution < -0.4 is 5.32 Å². The lowest BCUT2D eigenvalue weighted by atomic mass is 9.94. The summed E-state index contributed by atoms with van der Waals surface area (Å²) >= 11 is 0. The van der Waals surface area contributed by atoms with E-state index >= 15 is 8.78 Å². The fourth-order valence-electron chi connectivity index (χ4n) is 5.69. The van der Waals surface area contributed by atoms with Gasteiger partial charge in [0.05, 0.1) is 30.5 Å². The van der Waals surface area contributed by atoms with Gasteiger partial charge in [-0.05, 0) is 65.3 Å². The minimum atomic E-state index is -1.49. The lowest BCUT2D eigenvalue weighted by Crippen LogP contribution is -2.54. The number of rotatable bonds is 11. The van der Waals surface area contributed by atoms with Crippen molar-refractivity contribution < 1.29 is 37.3 Å². The first-order valence-electron chi connectivity index (χ1n) is 15.9. The SMILES string of the molecule is COC(C)(C)C(c1nc(-c2cc(F)ccc2F)cn1Cc1ccccc1)N(CC1CN(C(=O)OC(C)(C)C)CC1F)C(=O)NC(C)CO. The number of hydrogen-bond acceptors (Lipinski definition) is 6. The number of aliphatic hydroxyl groups excluding tert-OH is 1. The van der Waals surface area contributed by atoms with Crippen molar-refractivity contribution >= 4 is 12.1 Å². The zero-order valence-corrected chi connectivity index (χ0v) is 28.5. The molecule has 4 unspecified atom stereocenters. The lowest BCUT2D eigenvalue weighted by molar-refractivity contribution is -0.0513. The summed E-state index contributed by atoms with van der Waals surface area (Å²) in [6, 6.07) is 10.2. The molecule has 0 aliphatic carbocycles. The van der Waals surface area contributed by atoms with Crippen LogP contribution in [0.3, 0.4) is 0 Å². The van der Waals surface area contributed by atoms with E-state index in [4.69, 9.17) is 14.5 Å². The molecule has 2 heterocycles. The third-order valence-electron chi connectivity index (χ3n) is 8.30. The van der Waals surface area contributed by atoms with Crippen LogP contribution in [0.5, 0.6) is 0 Å². The number of urea groups is 1. The molecule has 4 rings (SSSR count). The molecule has 1 aromatic heterocycles. The molecule has 2 aromatic carbocycles. The molecular weight excluding hydrogens is 627 g/mol. The molecule has 0 spiro atoms. The maximum absolute atomic E-state index is 15.7. The van der Waals surface area contributed by atoms with Gasteiger partial charge in [-0.3, -0.25) is 0 Å². The van der Waals surface area contributed by atoms with E-state index in [9.17, 15) is 19.1 Å². The van der Waals surface area contributed by atoms with Crippen LogP contribution in [0.25, 0.3) is 11.3 Å². The number of carbonyl (C=O) groups excluding carboxylic acids is 2. The summed E-state index contributed by atoms with van der Waals surface area (Å²) < 4.78 is 58.3. The number of halogens is 3. The molecule has 3 aromatic rings. The first-order valence-corrected chi connectivity index (χ1v) is 15.9. The number of nitrogens with one attached hydrogen (secondary N) is 1.